The Balaban J connectivity index is 2.75. The van der Waals surface area contributed by atoms with E-state index in [0.717, 1.165) is 19.4 Å². The van der Waals surface area contributed by atoms with Gasteiger partial charge in [-0.3, -0.25) is 9.59 Å². The van der Waals surface area contributed by atoms with Crippen LogP contribution >= 0.6 is 0 Å². The molecular formula is C16H31N3O2. The zero-order valence-corrected chi connectivity index (χ0v) is 14.3. The van der Waals surface area contributed by atoms with Crippen molar-refractivity contribution in [2.45, 2.75) is 52.6 Å². The minimum absolute atomic E-state index is 0.00379. The molecule has 0 radical (unpaired) electrons. The van der Waals surface area contributed by atoms with Crippen molar-refractivity contribution in [3.8, 4) is 0 Å². The summed E-state index contributed by atoms with van der Waals surface area (Å²) >= 11 is 0. The van der Waals surface area contributed by atoms with Gasteiger partial charge in [0.1, 0.15) is 12.1 Å². The quantitative estimate of drug-likeness (QED) is 0.721. The SMILES string of the molecule is CC(C)C1NC(=O)C(C(C)C)N(CCCCN(C)C)C1=O. The summed E-state index contributed by atoms with van der Waals surface area (Å²) in [7, 11) is 4.09. The zero-order valence-electron chi connectivity index (χ0n) is 14.3. The second kappa shape index (κ2) is 7.78. The normalized spacial score (nSPS) is 23.4. The molecule has 0 aromatic rings. The fraction of sp³-hybridized carbons (Fsp3) is 0.875. The first kappa shape index (κ1) is 18.0. The van der Waals surface area contributed by atoms with Gasteiger partial charge in [-0.25, -0.2) is 0 Å². The number of nitrogens with one attached hydrogen (secondary N) is 1. The molecule has 1 saturated heterocycles. The number of unbranched alkanes of at least 4 members (excludes halogenated alkanes) is 1. The van der Waals surface area contributed by atoms with Crippen LogP contribution < -0.4 is 5.32 Å². The molecule has 21 heavy (non-hydrogen) atoms. The number of rotatable bonds is 7. The molecule has 0 bridgehead atoms. The molecule has 2 amide bonds. The third-order valence-electron chi connectivity index (χ3n) is 4.00. The Morgan fingerprint density at radius 3 is 2.19 bits per heavy atom. The summed E-state index contributed by atoms with van der Waals surface area (Å²) in [6.07, 6.45) is 1.97. The Kier molecular flexibility index (Phi) is 6.65. The van der Waals surface area contributed by atoms with Gasteiger partial charge in [0.2, 0.25) is 11.8 Å². The van der Waals surface area contributed by atoms with Gasteiger partial charge in [0.05, 0.1) is 0 Å². The smallest absolute Gasteiger partial charge is 0.246 e. The average Bonchev–Trinajstić information content (AvgIpc) is 2.36. The third-order valence-corrected chi connectivity index (χ3v) is 4.00. The highest BCUT2D eigenvalue weighted by Crippen LogP contribution is 2.21. The Morgan fingerprint density at radius 2 is 1.71 bits per heavy atom. The topological polar surface area (TPSA) is 52.7 Å². The van der Waals surface area contributed by atoms with Crippen LogP contribution in [0.5, 0.6) is 0 Å². The minimum Gasteiger partial charge on any atom is -0.342 e. The fourth-order valence-corrected chi connectivity index (χ4v) is 2.83. The summed E-state index contributed by atoms with van der Waals surface area (Å²) in [5.74, 6) is 0.332. The van der Waals surface area contributed by atoms with Crippen LogP contribution in [0, 0.1) is 11.8 Å². The lowest BCUT2D eigenvalue weighted by atomic mass is 9.92. The van der Waals surface area contributed by atoms with Crippen LogP contribution in [0.3, 0.4) is 0 Å². The highest BCUT2D eigenvalue weighted by molar-refractivity contribution is 5.97. The van der Waals surface area contributed by atoms with Gasteiger partial charge in [0.25, 0.3) is 0 Å². The van der Waals surface area contributed by atoms with Crippen molar-refractivity contribution in [1.29, 1.82) is 0 Å². The number of carbonyl (C=O) groups excluding carboxylic acids is 2. The van der Waals surface area contributed by atoms with Gasteiger partial charge in [0.15, 0.2) is 0 Å². The molecular weight excluding hydrogens is 266 g/mol. The molecule has 0 aromatic heterocycles. The number of amides is 2. The van der Waals surface area contributed by atoms with Crippen LogP contribution in [0.15, 0.2) is 0 Å². The van der Waals surface area contributed by atoms with Crippen LogP contribution in [-0.2, 0) is 9.59 Å². The first-order valence-electron chi connectivity index (χ1n) is 8.01. The van der Waals surface area contributed by atoms with E-state index in [1.807, 2.05) is 46.7 Å². The monoisotopic (exact) mass is 297 g/mol. The number of piperazine rings is 1. The predicted octanol–water partition coefficient (Wildman–Crippen LogP) is 1.34. The van der Waals surface area contributed by atoms with E-state index >= 15 is 0 Å². The molecule has 0 saturated carbocycles. The van der Waals surface area contributed by atoms with Crippen LogP contribution in [0.4, 0.5) is 0 Å². The summed E-state index contributed by atoms with van der Waals surface area (Å²) in [6, 6.07) is -0.701. The van der Waals surface area contributed by atoms with Crippen LogP contribution in [-0.4, -0.2) is 60.9 Å². The molecule has 122 valence electrons. The minimum atomic E-state index is -0.374. The Hall–Kier alpha value is -1.10. The Bertz CT molecular complexity index is 367. The lowest BCUT2D eigenvalue weighted by Gasteiger charge is -2.42. The van der Waals surface area contributed by atoms with Gasteiger partial charge < -0.3 is 15.1 Å². The maximum atomic E-state index is 12.7. The molecule has 1 heterocycles. The van der Waals surface area contributed by atoms with E-state index in [1.165, 1.54) is 0 Å². The van der Waals surface area contributed by atoms with Gasteiger partial charge in [-0.1, -0.05) is 27.7 Å². The van der Waals surface area contributed by atoms with Gasteiger partial charge in [-0.2, -0.15) is 0 Å². The maximum absolute atomic E-state index is 12.7. The van der Waals surface area contributed by atoms with Gasteiger partial charge in [-0.05, 0) is 45.3 Å². The molecule has 2 atom stereocenters. The van der Waals surface area contributed by atoms with Crippen molar-refractivity contribution in [1.82, 2.24) is 15.1 Å². The second-order valence-electron chi connectivity index (χ2n) is 6.96. The van der Waals surface area contributed by atoms with Crippen LogP contribution in [0.1, 0.15) is 40.5 Å². The summed E-state index contributed by atoms with van der Waals surface area (Å²) in [5, 5.41) is 2.90. The molecule has 5 heteroatoms. The molecule has 1 N–H and O–H groups in total. The average molecular weight is 297 g/mol. The largest absolute Gasteiger partial charge is 0.342 e. The number of hydrogen-bond donors (Lipinski definition) is 1. The summed E-state index contributed by atoms with van der Waals surface area (Å²) in [5.41, 5.74) is 0. The van der Waals surface area contributed by atoms with E-state index in [9.17, 15) is 9.59 Å². The number of hydrogen-bond acceptors (Lipinski definition) is 3. The van der Waals surface area contributed by atoms with E-state index < -0.39 is 0 Å². The maximum Gasteiger partial charge on any atom is 0.246 e. The summed E-state index contributed by atoms with van der Waals surface area (Å²) in [4.78, 5) is 28.9. The lowest BCUT2D eigenvalue weighted by Crippen LogP contribution is -2.66. The predicted molar refractivity (Wildman–Crippen MR) is 84.9 cm³/mol. The van der Waals surface area contributed by atoms with Crippen molar-refractivity contribution in [3.63, 3.8) is 0 Å². The van der Waals surface area contributed by atoms with Crippen LogP contribution in [0.25, 0.3) is 0 Å². The van der Waals surface area contributed by atoms with Gasteiger partial charge in [-0.15, -0.1) is 0 Å². The Morgan fingerprint density at radius 1 is 1.10 bits per heavy atom. The molecule has 0 aromatic carbocycles. The summed E-state index contributed by atoms with van der Waals surface area (Å²) in [6.45, 7) is 9.63. The molecule has 0 spiro atoms. The van der Waals surface area contributed by atoms with Crippen LogP contribution in [0.2, 0.25) is 0 Å². The molecule has 5 nitrogen and oxygen atoms in total. The molecule has 1 fully saturated rings. The Labute approximate surface area is 129 Å². The molecule has 1 aliphatic heterocycles. The molecule has 0 aliphatic carbocycles. The fourth-order valence-electron chi connectivity index (χ4n) is 2.83. The standard InChI is InChI=1S/C16H31N3O2/c1-11(2)13-16(21)19(10-8-7-9-18(5)6)14(12(3)4)15(20)17-13/h11-14H,7-10H2,1-6H3,(H,17,20). The van der Waals surface area contributed by atoms with Crippen molar-refractivity contribution in [3.05, 3.63) is 0 Å². The highest BCUT2D eigenvalue weighted by Gasteiger charge is 2.42. The molecule has 1 aliphatic rings. The first-order valence-corrected chi connectivity index (χ1v) is 8.01. The zero-order chi connectivity index (χ0) is 16.2. The third kappa shape index (κ3) is 4.70. The summed E-state index contributed by atoms with van der Waals surface area (Å²) < 4.78 is 0. The van der Waals surface area contributed by atoms with E-state index in [0.29, 0.717) is 6.54 Å². The van der Waals surface area contributed by atoms with Crippen molar-refractivity contribution in [2.24, 2.45) is 11.8 Å². The first-order chi connectivity index (χ1) is 9.75. The highest BCUT2D eigenvalue weighted by atomic mass is 16.2. The van der Waals surface area contributed by atoms with Crippen molar-refractivity contribution in [2.75, 3.05) is 27.2 Å². The van der Waals surface area contributed by atoms with Gasteiger partial charge in [0, 0.05) is 6.54 Å². The van der Waals surface area contributed by atoms with E-state index in [4.69, 9.17) is 0 Å². The molecule has 2 unspecified atom stereocenters. The van der Waals surface area contributed by atoms with E-state index in [1.54, 1.807) is 0 Å². The van der Waals surface area contributed by atoms with Crippen molar-refractivity contribution < 1.29 is 9.59 Å². The van der Waals surface area contributed by atoms with E-state index in [-0.39, 0.29) is 35.7 Å². The van der Waals surface area contributed by atoms with Gasteiger partial charge >= 0.3 is 0 Å². The van der Waals surface area contributed by atoms with Crippen molar-refractivity contribution >= 4 is 11.8 Å². The number of nitrogens with zero attached hydrogens (tertiary/aromatic N) is 2. The lowest BCUT2D eigenvalue weighted by molar-refractivity contribution is -0.152. The second-order valence-corrected chi connectivity index (χ2v) is 6.96. The number of carbonyl (C=O) groups is 2. The van der Waals surface area contributed by atoms with E-state index in [2.05, 4.69) is 10.2 Å². The molecule has 1 rings (SSSR count).